The maximum atomic E-state index is 12.5. The van der Waals surface area contributed by atoms with Crippen LogP contribution in [0.15, 0.2) is 142 Å². The topological polar surface area (TPSA) is 187 Å². The normalized spacial score (nSPS) is 12.3. The second kappa shape index (κ2) is 18.3. The van der Waals surface area contributed by atoms with Crippen LogP contribution >= 0.6 is 47.8 Å². The van der Waals surface area contributed by atoms with Crippen molar-refractivity contribution >= 4 is 76.5 Å². The van der Waals surface area contributed by atoms with Crippen LogP contribution < -0.4 is 5.73 Å². The second-order valence-electron chi connectivity index (χ2n) is 13.4. The summed E-state index contributed by atoms with van der Waals surface area (Å²) in [6, 6.07) is 24.2. The molecule has 2 amide bonds. The minimum Gasteiger partial charge on any atom is -0.378 e. The maximum Gasteiger partial charge on any atom is 0.254 e. The summed E-state index contributed by atoms with van der Waals surface area (Å²) in [5, 5.41) is 8.79. The van der Waals surface area contributed by atoms with Crippen molar-refractivity contribution in [3.8, 4) is 39.8 Å². The number of nitriles is 1. The summed E-state index contributed by atoms with van der Waals surface area (Å²) in [5.74, 6) is -0.387. The average molecular weight is 1000 g/mol. The minimum absolute atomic E-state index is 0.0469. The number of carbonyl (C=O) groups excluding carboxylic acids is 2. The zero-order valence-electron chi connectivity index (χ0n) is 31.8. The number of rotatable bonds is 5. The predicted octanol–water partition coefficient (Wildman–Crippen LogP) is 7.92. The zero-order chi connectivity index (χ0) is 42.5. The van der Waals surface area contributed by atoms with Crippen molar-refractivity contribution in [2.24, 2.45) is 5.73 Å². The summed E-state index contributed by atoms with van der Waals surface area (Å²) in [4.78, 5) is 50.8. The van der Waals surface area contributed by atoms with Crippen molar-refractivity contribution in [1.29, 1.82) is 5.26 Å². The van der Waals surface area contributed by atoms with Gasteiger partial charge in [0.2, 0.25) is 5.91 Å². The quantitative estimate of drug-likeness (QED) is 0.178. The second-order valence-corrected chi connectivity index (χ2v) is 15.8. The summed E-state index contributed by atoms with van der Waals surface area (Å²) in [6.07, 6.45) is 16.1. The summed E-state index contributed by atoms with van der Waals surface area (Å²) >= 11 is 10.1. The van der Waals surface area contributed by atoms with Crippen molar-refractivity contribution in [3.05, 3.63) is 159 Å². The number of aromatic nitrogens is 9. The highest BCUT2D eigenvalue weighted by Gasteiger charge is 2.18. The third-order valence-electron chi connectivity index (χ3n) is 9.58. The Bertz CT molecular complexity index is 3060. The first-order valence-corrected chi connectivity index (χ1v) is 20.9. The molecular formula is C43H31Br3N12O3. The first kappa shape index (κ1) is 41.1. The van der Waals surface area contributed by atoms with Gasteiger partial charge in [0.1, 0.15) is 13.8 Å². The molecule has 3 aromatic carbocycles. The molecular weight excluding hydrogens is 972 g/mol. The molecule has 0 spiro atoms. The van der Waals surface area contributed by atoms with Crippen molar-refractivity contribution < 1.29 is 14.3 Å². The molecule has 1 aliphatic heterocycles. The Balaban J connectivity index is 0.000000128. The number of hydrogen-bond donors (Lipinski definition) is 1. The number of fused-ring (bicyclic) bond motifs is 3. The molecule has 0 aliphatic carbocycles. The Morgan fingerprint density at radius 1 is 0.590 bits per heavy atom. The van der Waals surface area contributed by atoms with Crippen LogP contribution in [0.1, 0.15) is 26.3 Å². The monoisotopic (exact) mass is 1000 g/mol. The number of imidazole rings is 3. The van der Waals surface area contributed by atoms with Crippen LogP contribution in [-0.2, 0) is 4.74 Å². The molecule has 0 bridgehead atoms. The van der Waals surface area contributed by atoms with Gasteiger partial charge in [-0.2, -0.15) is 5.26 Å². The van der Waals surface area contributed by atoms with Gasteiger partial charge < -0.3 is 15.4 Å². The van der Waals surface area contributed by atoms with Crippen LogP contribution in [0, 0.1) is 11.3 Å². The lowest BCUT2D eigenvalue weighted by Crippen LogP contribution is -2.40. The lowest BCUT2D eigenvalue weighted by Gasteiger charge is -2.26. The summed E-state index contributed by atoms with van der Waals surface area (Å²) in [6.45, 7) is 2.50. The largest absolute Gasteiger partial charge is 0.378 e. The van der Waals surface area contributed by atoms with E-state index in [1.54, 1.807) is 61.4 Å². The fourth-order valence-electron chi connectivity index (χ4n) is 6.42. The number of halogens is 3. The van der Waals surface area contributed by atoms with Crippen molar-refractivity contribution in [2.75, 3.05) is 26.3 Å². The molecule has 0 radical (unpaired) electrons. The van der Waals surface area contributed by atoms with E-state index in [0.29, 0.717) is 43.0 Å². The SMILES string of the molecule is N#Cc1ccc(-c2cnc3cnc(Br)cn23)cc1.NC(=O)c1ccc(-c2cnc3cnc(Br)cn23)cc1.O=C(c1ccc(-c2cn3c(Br)cnc3cn2)cc1)N1CCOCC1. The molecule has 1 aliphatic rings. The number of primary amides is 1. The molecule has 0 atom stereocenters. The van der Waals surface area contributed by atoms with Gasteiger partial charge in [0.25, 0.3) is 5.91 Å². The van der Waals surface area contributed by atoms with Gasteiger partial charge in [-0.15, -0.1) is 0 Å². The van der Waals surface area contributed by atoms with E-state index in [9.17, 15) is 9.59 Å². The van der Waals surface area contributed by atoms with E-state index < -0.39 is 5.91 Å². The van der Waals surface area contributed by atoms with E-state index in [1.807, 2.05) is 85.2 Å². The molecule has 1 fully saturated rings. The first-order chi connectivity index (χ1) is 29.6. The van der Waals surface area contributed by atoms with E-state index in [-0.39, 0.29) is 5.91 Å². The number of carbonyl (C=O) groups is 2. The fourth-order valence-corrected chi connectivity index (χ4v) is 7.42. The molecule has 2 N–H and O–H groups in total. The van der Waals surface area contributed by atoms with Crippen LogP contribution in [0.2, 0.25) is 0 Å². The van der Waals surface area contributed by atoms with Gasteiger partial charge in [0.15, 0.2) is 16.9 Å². The first-order valence-electron chi connectivity index (χ1n) is 18.5. The molecule has 302 valence electrons. The number of nitrogens with two attached hydrogens (primary N) is 1. The van der Waals surface area contributed by atoms with E-state index in [0.717, 1.165) is 64.5 Å². The highest BCUT2D eigenvalue weighted by molar-refractivity contribution is 9.11. The zero-order valence-corrected chi connectivity index (χ0v) is 36.6. The van der Waals surface area contributed by atoms with Crippen LogP contribution in [-0.4, -0.2) is 86.1 Å². The van der Waals surface area contributed by atoms with Gasteiger partial charge >= 0.3 is 0 Å². The smallest absolute Gasteiger partial charge is 0.254 e. The summed E-state index contributed by atoms with van der Waals surface area (Å²) in [7, 11) is 0. The Kier molecular flexibility index (Phi) is 12.3. The van der Waals surface area contributed by atoms with Crippen LogP contribution in [0.5, 0.6) is 0 Å². The Morgan fingerprint density at radius 2 is 1.08 bits per heavy atom. The predicted molar refractivity (Wildman–Crippen MR) is 238 cm³/mol. The number of ether oxygens (including phenoxy) is 1. The van der Waals surface area contributed by atoms with Crippen LogP contribution in [0.25, 0.3) is 50.7 Å². The Hall–Kier alpha value is -6.65. The molecule has 6 aromatic heterocycles. The van der Waals surface area contributed by atoms with Crippen molar-refractivity contribution in [3.63, 3.8) is 0 Å². The molecule has 1 saturated heterocycles. The maximum absolute atomic E-state index is 12.5. The molecule has 10 rings (SSSR count). The van der Waals surface area contributed by atoms with Gasteiger partial charge in [-0.05, 0) is 84.2 Å². The highest BCUT2D eigenvalue weighted by atomic mass is 79.9. The van der Waals surface area contributed by atoms with E-state index in [2.05, 4.69) is 83.8 Å². The molecule has 18 heteroatoms. The average Bonchev–Trinajstić information content (AvgIpc) is 4.03. The highest BCUT2D eigenvalue weighted by Crippen LogP contribution is 2.25. The molecule has 61 heavy (non-hydrogen) atoms. The van der Waals surface area contributed by atoms with E-state index in [4.69, 9.17) is 15.7 Å². The number of hydrogen-bond acceptors (Lipinski definition) is 10. The minimum atomic E-state index is -0.434. The van der Waals surface area contributed by atoms with Gasteiger partial charge in [0, 0.05) is 59.5 Å². The van der Waals surface area contributed by atoms with Crippen LogP contribution in [0.4, 0.5) is 0 Å². The number of amides is 2. The standard InChI is InChI=1S/C17H15BrN4O2.C13H9BrN4O.C13H7BrN4/c18-15-9-20-16-10-19-14(11-22(15)16)12-1-3-13(4-2-12)17(23)21-5-7-24-8-6-21;14-11-7-18-10(5-17-12(18)6-16-11)8-1-3-9(4-2-8)13(15)19;14-12-8-18-11(6-17-13(18)7-16-12)10-3-1-9(5-15)2-4-10/h1-4,9-11H,5-8H2;1-7H,(H2,15,19);1-4,6-8H. The fraction of sp³-hybridized carbons (Fsp3) is 0.0930. The summed E-state index contributed by atoms with van der Waals surface area (Å²) < 4.78 is 13.5. The van der Waals surface area contributed by atoms with Gasteiger partial charge in [-0.25, -0.2) is 24.9 Å². The van der Waals surface area contributed by atoms with Crippen LogP contribution in [0.3, 0.4) is 0 Å². The third-order valence-corrected chi connectivity index (χ3v) is 11.0. The van der Waals surface area contributed by atoms with Crippen molar-refractivity contribution in [2.45, 2.75) is 0 Å². The van der Waals surface area contributed by atoms with E-state index in [1.165, 1.54) is 0 Å². The third kappa shape index (κ3) is 9.25. The molecule has 9 aromatic rings. The van der Waals surface area contributed by atoms with Gasteiger partial charge in [-0.1, -0.05) is 36.4 Å². The lowest BCUT2D eigenvalue weighted by atomic mass is 10.1. The van der Waals surface area contributed by atoms with E-state index >= 15 is 0 Å². The molecule has 15 nitrogen and oxygen atoms in total. The van der Waals surface area contributed by atoms with Crippen molar-refractivity contribution in [1.82, 2.24) is 48.0 Å². The lowest BCUT2D eigenvalue weighted by molar-refractivity contribution is 0.0303. The Morgan fingerprint density at radius 3 is 1.64 bits per heavy atom. The molecule has 7 heterocycles. The number of nitrogens with zero attached hydrogens (tertiary/aromatic N) is 11. The summed E-state index contributed by atoms with van der Waals surface area (Å²) in [5.41, 5.74) is 15.0. The van der Waals surface area contributed by atoms with Gasteiger partial charge in [0.05, 0.1) is 79.1 Å². The molecule has 0 unspecified atom stereocenters. The number of benzene rings is 3. The Labute approximate surface area is 372 Å². The van der Waals surface area contributed by atoms with Gasteiger partial charge in [-0.3, -0.25) is 27.8 Å². The molecule has 0 saturated carbocycles. The number of morpholine rings is 1.